The van der Waals surface area contributed by atoms with Crippen LogP contribution < -0.4 is 0 Å². The summed E-state index contributed by atoms with van der Waals surface area (Å²) in [7, 11) is 0. The maximum absolute atomic E-state index is 12.1. The van der Waals surface area contributed by atoms with E-state index in [2.05, 4.69) is 0 Å². The minimum atomic E-state index is -1.23. The number of hydrogen-bond donors (Lipinski definition) is 1. The molecule has 1 saturated heterocycles. The Morgan fingerprint density at radius 2 is 2.00 bits per heavy atom. The van der Waals surface area contributed by atoms with Gasteiger partial charge < -0.3 is 14.7 Å². The van der Waals surface area contributed by atoms with Gasteiger partial charge in [-0.3, -0.25) is 14.4 Å². The number of amides is 1. The predicted molar refractivity (Wildman–Crippen MR) is 84.8 cm³/mol. The average molecular weight is 345 g/mol. The molecule has 8 heteroatoms. The summed E-state index contributed by atoms with van der Waals surface area (Å²) in [6.07, 6.45) is -0.191. The Morgan fingerprint density at radius 1 is 1.39 bits per heavy atom. The number of thioether (sulfide) groups is 1. The summed E-state index contributed by atoms with van der Waals surface area (Å²) >= 11 is 1.12. The molecule has 0 saturated carbocycles. The summed E-state index contributed by atoms with van der Waals surface area (Å²) in [6.45, 7) is 6.75. The van der Waals surface area contributed by atoms with Gasteiger partial charge in [0.2, 0.25) is 5.91 Å². The summed E-state index contributed by atoms with van der Waals surface area (Å²) in [6, 6.07) is -1.23. The van der Waals surface area contributed by atoms with Gasteiger partial charge in [0.1, 0.15) is 11.6 Å². The number of carboxylic acids is 1. The Hall–Kier alpha value is -1.57. The van der Waals surface area contributed by atoms with Crippen LogP contribution in [0, 0.1) is 5.92 Å². The highest BCUT2D eigenvalue weighted by atomic mass is 32.2. The van der Waals surface area contributed by atoms with E-state index in [4.69, 9.17) is 4.74 Å². The molecule has 0 bridgehead atoms. The van der Waals surface area contributed by atoms with Gasteiger partial charge in [-0.2, -0.15) is 0 Å². The van der Waals surface area contributed by atoms with Crippen molar-refractivity contribution in [1.82, 2.24) is 4.90 Å². The number of aliphatic carboxylic acids is 1. The summed E-state index contributed by atoms with van der Waals surface area (Å²) < 4.78 is 5.13. The summed E-state index contributed by atoms with van der Waals surface area (Å²) in [5, 5.41) is 9.30. The van der Waals surface area contributed by atoms with Gasteiger partial charge in [0.05, 0.1) is 6.42 Å². The third-order valence-electron chi connectivity index (χ3n) is 3.20. The number of hydrogen-bond acceptors (Lipinski definition) is 6. The van der Waals surface area contributed by atoms with Crippen LogP contribution >= 0.6 is 11.8 Å². The number of carboxylic acid groups (broad SMARTS) is 1. The zero-order chi connectivity index (χ0) is 17.8. The van der Waals surface area contributed by atoms with Crippen molar-refractivity contribution in [1.29, 1.82) is 0 Å². The molecule has 1 fully saturated rings. The third-order valence-corrected chi connectivity index (χ3v) is 4.25. The summed E-state index contributed by atoms with van der Waals surface area (Å²) in [4.78, 5) is 47.6. The standard InChI is InChI=1S/C15H23NO6S/c1-9(17)23-8-10-5-12(18)16(7-10)11(14(20)21)6-13(19)22-15(2,3)4/h10-11H,5-8H2,1-4H3,(H,20,21)/t10?,11-/m0/s1. The number of esters is 1. The van der Waals surface area contributed by atoms with Gasteiger partial charge in [0.25, 0.3) is 0 Å². The number of rotatable bonds is 6. The van der Waals surface area contributed by atoms with Crippen molar-refractivity contribution in [2.45, 2.75) is 52.2 Å². The molecule has 0 aromatic rings. The van der Waals surface area contributed by atoms with Gasteiger partial charge in [-0.05, 0) is 26.7 Å². The van der Waals surface area contributed by atoms with E-state index in [9.17, 15) is 24.3 Å². The van der Waals surface area contributed by atoms with E-state index >= 15 is 0 Å². The zero-order valence-corrected chi connectivity index (χ0v) is 14.6. The Morgan fingerprint density at radius 3 is 2.48 bits per heavy atom. The number of ether oxygens (including phenoxy) is 1. The van der Waals surface area contributed by atoms with Gasteiger partial charge >= 0.3 is 11.9 Å². The fraction of sp³-hybridized carbons (Fsp3) is 0.733. The van der Waals surface area contributed by atoms with Crippen LogP contribution in [-0.2, 0) is 23.9 Å². The van der Waals surface area contributed by atoms with E-state index in [1.165, 1.54) is 11.8 Å². The Balaban J connectivity index is 2.70. The second-order valence-corrected chi connectivity index (χ2v) is 7.76. The van der Waals surface area contributed by atoms with Gasteiger partial charge in [0, 0.05) is 25.6 Å². The monoisotopic (exact) mass is 345 g/mol. The smallest absolute Gasteiger partial charge is 0.327 e. The van der Waals surface area contributed by atoms with E-state index < -0.39 is 23.6 Å². The second kappa shape index (κ2) is 7.81. The van der Waals surface area contributed by atoms with Crippen molar-refractivity contribution in [3.05, 3.63) is 0 Å². The van der Waals surface area contributed by atoms with Gasteiger partial charge in [-0.15, -0.1) is 0 Å². The largest absolute Gasteiger partial charge is 0.480 e. The Labute approximate surface area is 139 Å². The highest BCUT2D eigenvalue weighted by molar-refractivity contribution is 8.13. The normalized spacial score (nSPS) is 19.6. The predicted octanol–water partition coefficient (Wildman–Crippen LogP) is 1.30. The number of carbonyl (C=O) groups is 4. The lowest BCUT2D eigenvalue weighted by Gasteiger charge is -2.26. The molecule has 1 amide bonds. The fourth-order valence-electron chi connectivity index (χ4n) is 2.33. The molecule has 1 heterocycles. The molecule has 1 aliphatic heterocycles. The molecule has 1 unspecified atom stereocenters. The summed E-state index contributed by atoms with van der Waals surface area (Å²) in [5.74, 6) is -1.81. The number of nitrogens with zero attached hydrogens (tertiary/aromatic N) is 1. The maximum atomic E-state index is 12.1. The SMILES string of the molecule is CC(=O)SCC1CC(=O)N([C@@H](CC(=O)OC(C)(C)C)C(=O)O)C1. The number of carbonyl (C=O) groups excluding carboxylic acids is 3. The van der Waals surface area contributed by atoms with Crippen molar-refractivity contribution in [3.63, 3.8) is 0 Å². The van der Waals surface area contributed by atoms with Crippen LogP contribution in [0.25, 0.3) is 0 Å². The molecule has 0 aromatic heterocycles. The van der Waals surface area contributed by atoms with E-state index in [0.29, 0.717) is 5.75 Å². The molecule has 0 radical (unpaired) electrons. The zero-order valence-electron chi connectivity index (χ0n) is 13.8. The van der Waals surface area contributed by atoms with Crippen molar-refractivity contribution in [3.8, 4) is 0 Å². The van der Waals surface area contributed by atoms with Crippen LogP contribution in [0.4, 0.5) is 0 Å². The van der Waals surface area contributed by atoms with Crippen molar-refractivity contribution >= 4 is 34.7 Å². The molecule has 130 valence electrons. The minimum absolute atomic E-state index is 0.0422. The Bertz CT molecular complexity index is 499. The van der Waals surface area contributed by atoms with Crippen LogP contribution in [0.2, 0.25) is 0 Å². The first-order chi connectivity index (χ1) is 10.5. The van der Waals surface area contributed by atoms with Crippen LogP contribution in [0.5, 0.6) is 0 Å². The molecule has 2 atom stereocenters. The Kier molecular flexibility index (Phi) is 6.61. The second-order valence-electron chi connectivity index (χ2n) is 6.56. The lowest BCUT2D eigenvalue weighted by atomic mass is 10.1. The van der Waals surface area contributed by atoms with Crippen molar-refractivity contribution in [2.75, 3.05) is 12.3 Å². The molecule has 7 nitrogen and oxygen atoms in total. The first kappa shape index (κ1) is 19.5. The fourth-order valence-corrected chi connectivity index (χ4v) is 3.02. The van der Waals surface area contributed by atoms with Crippen molar-refractivity contribution < 1.29 is 29.0 Å². The van der Waals surface area contributed by atoms with Gasteiger partial charge in [-0.1, -0.05) is 11.8 Å². The molecule has 23 heavy (non-hydrogen) atoms. The minimum Gasteiger partial charge on any atom is -0.480 e. The summed E-state index contributed by atoms with van der Waals surface area (Å²) in [5.41, 5.74) is -0.712. The molecular weight excluding hydrogens is 322 g/mol. The topological polar surface area (TPSA) is 101 Å². The molecule has 1 N–H and O–H groups in total. The molecule has 1 aliphatic rings. The lowest BCUT2D eigenvalue weighted by Crippen LogP contribution is -2.44. The lowest BCUT2D eigenvalue weighted by molar-refractivity contribution is -0.161. The molecule has 1 rings (SSSR count). The van der Waals surface area contributed by atoms with Crippen LogP contribution in [0.1, 0.15) is 40.5 Å². The number of likely N-dealkylation sites (tertiary alicyclic amines) is 1. The first-order valence-corrected chi connectivity index (χ1v) is 8.35. The van der Waals surface area contributed by atoms with Crippen LogP contribution in [-0.4, -0.2) is 56.9 Å². The maximum Gasteiger partial charge on any atom is 0.327 e. The van der Waals surface area contributed by atoms with Crippen molar-refractivity contribution in [2.24, 2.45) is 5.92 Å². The van der Waals surface area contributed by atoms with E-state index in [0.717, 1.165) is 11.8 Å². The first-order valence-electron chi connectivity index (χ1n) is 7.37. The highest BCUT2D eigenvalue weighted by Crippen LogP contribution is 2.25. The van der Waals surface area contributed by atoms with Gasteiger partial charge in [-0.25, -0.2) is 4.79 Å². The van der Waals surface area contributed by atoms with E-state index in [-0.39, 0.29) is 36.3 Å². The molecule has 0 aliphatic carbocycles. The third kappa shape index (κ3) is 6.60. The van der Waals surface area contributed by atoms with Crippen LogP contribution in [0.3, 0.4) is 0 Å². The average Bonchev–Trinajstić information content (AvgIpc) is 2.72. The van der Waals surface area contributed by atoms with E-state index in [1.807, 2.05) is 0 Å². The van der Waals surface area contributed by atoms with Crippen LogP contribution in [0.15, 0.2) is 0 Å². The highest BCUT2D eigenvalue weighted by Gasteiger charge is 2.39. The van der Waals surface area contributed by atoms with Gasteiger partial charge in [0.15, 0.2) is 5.12 Å². The van der Waals surface area contributed by atoms with E-state index in [1.54, 1.807) is 20.8 Å². The molecular formula is C15H23NO6S. The molecule has 0 aromatic carbocycles. The molecule has 0 spiro atoms. The quantitative estimate of drug-likeness (QED) is 0.724.